The summed E-state index contributed by atoms with van der Waals surface area (Å²) in [6.07, 6.45) is -4.84. The maximum absolute atomic E-state index is 13.1. The summed E-state index contributed by atoms with van der Waals surface area (Å²) in [6, 6.07) is 0. The Morgan fingerprint density at radius 2 is 1.49 bits per heavy atom. The Kier molecular flexibility index (Phi) is 10.1. The van der Waals surface area contributed by atoms with E-state index in [4.69, 9.17) is 28.4 Å². The van der Waals surface area contributed by atoms with Gasteiger partial charge in [0.2, 0.25) is 0 Å². The number of rotatable bonds is 6. The van der Waals surface area contributed by atoms with Gasteiger partial charge in [0.25, 0.3) is 0 Å². The van der Waals surface area contributed by atoms with Crippen molar-refractivity contribution in [2.45, 2.75) is 104 Å². The molecular weight excluding hydrogens is 568 g/mol. The van der Waals surface area contributed by atoms with Crippen LogP contribution in [-0.2, 0) is 57.2 Å². The number of fused-ring (bicyclic) bond motifs is 2. The Balaban J connectivity index is 2.46. The summed E-state index contributed by atoms with van der Waals surface area (Å²) < 4.78 is 34.0. The standard InChI is InChI=1S/C30H40O13/c1-14-9-10-23(40-18(5)33)29(8)24(41-19(6)34)12-22(39-17(4)32)21(13-38-16(3)31)11-25-30(37,15(2)28(36)43-25)27(26(14)29)42-20(7)35/h11,15,22-27,37H,1,9-10,12-13H2,2-8H3. The molecule has 1 aliphatic heterocycles. The molecule has 0 spiro atoms. The smallest absolute Gasteiger partial charge is 0.312 e. The van der Waals surface area contributed by atoms with E-state index in [-0.39, 0.29) is 24.8 Å². The third kappa shape index (κ3) is 6.76. The maximum Gasteiger partial charge on any atom is 0.312 e. The lowest BCUT2D eigenvalue weighted by molar-refractivity contribution is -0.222. The summed E-state index contributed by atoms with van der Waals surface area (Å²) >= 11 is 0. The van der Waals surface area contributed by atoms with Gasteiger partial charge in [-0.2, -0.15) is 0 Å². The van der Waals surface area contributed by atoms with Crippen LogP contribution in [0.15, 0.2) is 23.8 Å². The largest absolute Gasteiger partial charge is 0.462 e. The van der Waals surface area contributed by atoms with Crippen molar-refractivity contribution in [1.29, 1.82) is 0 Å². The summed E-state index contributed by atoms with van der Waals surface area (Å²) in [5.41, 5.74) is -3.14. The van der Waals surface area contributed by atoms with E-state index in [2.05, 4.69) is 6.58 Å². The van der Waals surface area contributed by atoms with E-state index in [1.54, 1.807) is 6.92 Å². The first-order valence-electron chi connectivity index (χ1n) is 14.1. The van der Waals surface area contributed by atoms with E-state index in [0.717, 1.165) is 20.8 Å². The van der Waals surface area contributed by atoms with Gasteiger partial charge in [-0.25, -0.2) is 0 Å². The van der Waals surface area contributed by atoms with Gasteiger partial charge in [0.15, 0.2) is 11.7 Å². The molecule has 1 saturated heterocycles. The molecule has 1 saturated carbocycles. The zero-order valence-electron chi connectivity index (χ0n) is 25.5. The van der Waals surface area contributed by atoms with Crippen molar-refractivity contribution in [3.05, 3.63) is 23.8 Å². The Morgan fingerprint density at radius 1 is 0.930 bits per heavy atom. The SMILES string of the molecule is C=C1CCC(OC(C)=O)C2(C)C(OC(C)=O)CC(OC(C)=O)C(COC(C)=O)=CC3OC(=O)C(C)C3(O)C(OC(C)=O)C12. The molecule has 2 aliphatic carbocycles. The van der Waals surface area contributed by atoms with Crippen molar-refractivity contribution in [2.24, 2.45) is 17.3 Å². The molecule has 0 aromatic heterocycles. The number of carbonyl (C=O) groups is 6. The van der Waals surface area contributed by atoms with Crippen molar-refractivity contribution in [3.8, 4) is 0 Å². The third-order valence-corrected chi connectivity index (χ3v) is 8.60. The van der Waals surface area contributed by atoms with Crippen LogP contribution in [0, 0.1) is 17.3 Å². The first-order chi connectivity index (χ1) is 19.9. The fraction of sp³-hybridized carbons (Fsp3) is 0.667. The molecule has 43 heavy (non-hydrogen) atoms. The first-order valence-corrected chi connectivity index (χ1v) is 14.1. The number of hydrogen-bond acceptors (Lipinski definition) is 13. The Labute approximate surface area is 249 Å². The summed E-state index contributed by atoms with van der Waals surface area (Å²) in [7, 11) is 0. The molecule has 1 heterocycles. The predicted octanol–water partition coefficient (Wildman–Crippen LogP) is 1.87. The van der Waals surface area contributed by atoms with Gasteiger partial charge in [0, 0.05) is 52.5 Å². The quantitative estimate of drug-likeness (QED) is 0.263. The molecule has 0 aromatic rings. The van der Waals surface area contributed by atoms with Crippen LogP contribution in [0.5, 0.6) is 0 Å². The van der Waals surface area contributed by atoms with Gasteiger partial charge in [0.1, 0.15) is 31.0 Å². The van der Waals surface area contributed by atoms with E-state index in [0.29, 0.717) is 5.57 Å². The zero-order chi connectivity index (χ0) is 32.4. The Morgan fingerprint density at radius 3 is 2.02 bits per heavy atom. The highest BCUT2D eigenvalue weighted by Crippen LogP contribution is 2.56. The Hall–Kier alpha value is -3.74. The minimum atomic E-state index is -2.25. The number of aliphatic hydroxyl groups is 1. The lowest BCUT2D eigenvalue weighted by atomic mass is 9.54. The van der Waals surface area contributed by atoms with E-state index >= 15 is 0 Å². The van der Waals surface area contributed by atoms with Crippen LogP contribution in [-0.4, -0.2) is 83.7 Å². The van der Waals surface area contributed by atoms with Crippen LogP contribution in [0.2, 0.25) is 0 Å². The topological polar surface area (TPSA) is 178 Å². The summed E-state index contributed by atoms with van der Waals surface area (Å²) in [5, 5.41) is 12.5. The minimum absolute atomic E-state index is 0.107. The minimum Gasteiger partial charge on any atom is -0.462 e. The average molecular weight is 609 g/mol. The van der Waals surface area contributed by atoms with Gasteiger partial charge in [-0.05, 0) is 25.8 Å². The van der Waals surface area contributed by atoms with Crippen molar-refractivity contribution in [2.75, 3.05) is 6.61 Å². The Bertz CT molecular complexity index is 1220. The van der Waals surface area contributed by atoms with Crippen molar-refractivity contribution in [1.82, 2.24) is 0 Å². The molecule has 9 unspecified atom stereocenters. The predicted molar refractivity (Wildman–Crippen MR) is 146 cm³/mol. The summed E-state index contributed by atoms with van der Waals surface area (Å²) in [6.45, 7) is 12.6. The zero-order valence-corrected chi connectivity index (χ0v) is 25.5. The number of carbonyl (C=O) groups excluding carboxylic acids is 6. The second-order valence-corrected chi connectivity index (χ2v) is 11.6. The van der Waals surface area contributed by atoms with E-state index in [1.165, 1.54) is 26.8 Å². The second-order valence-electron chi connectivity index (χ2n) is 11.6. The number of ether oxygens (including phenoxy) is 6. The molecule has 2 fully saturated rings. The van der Waals surface area contributed by atoms with E-state index in [1.807, 2.05) is 0 Å². The third-order valence-electron chi connectivity index (χ3n) is 8.60. The molecule has 238 valence electrons. The van der Waals surface area contributed by atoms with Crippen LogP contribution in [0.4, 0.5) is 0 Å². The first kappa shape index (κ1) is 33.8. The fourth-order valence-electron chi connectivity index (χ4n) is 6.63. The molecule has 13 heteroatoms. The van der Waals surface area contributed by atoms with Crippen LogP contribution in [0.3, 0.4) is 0 Å². The molecular formula is C30H40O13. The molecule has 3 aliphatic rings. The fourth-order valence-corrected chi connectivity index (χ4v) is 6.63. The highest BCUT2D eigenvalue weighted by molar-refractivity contribution is 5.78. The monoisotopic (exact) mass is 608 g/mol. The maximum atomic E-state index is 13.1. The molecule has 0 bridgehead atoms. The van der Waals surface area contributed by atoms with Crippen LogP contribution >= 0.6 is 0 Å². The lowest BCUT2D eigenvalue weighted by Gasteiger charge is -2.55. The lowest BCUT2D eigenvalue weighted by Crippen LogP contribution is -2.66. The highest BCUT2D eigenvalue weighted by atomic mass is 16.6. The van der Waals surface area contributed by atoms with Crippen molar-refractivity contribution >= 4 is 35.8 Å². The van der Waals surface area contributed by atoms with Gasteiger partial charge in [-0.15, -0.1) is 0 Å². The van der Waals surface area contributed by atoms with Gasteiger partial charge >= 0.3 is 35.8 Å². The summed E-state index contributed by atoms with van der Waals surface area (Å²) in [5.74, 6) is -6.71. The van der Waals surface area contributed by atoms with Gasteiger partial charge in [0.05, 0.1) is 11.3 Å². The highest BCUT2D eigenvalue weighted by Gasteiger charge is 2.68. The van der Waals surface area contributed by atoms with Crippen LogP contribution in [0.1, 0.15) is 67.7 Å². The van der Waals surface area contributed by atoms with E-state index < -0.39 is 95.8 Å². The molecule has 1 N–H and O–H groups in total. The van der Waals surface area contributed by atoms with Crippen LogP contribution in [0.25, 0.3) is 0 Å². The molecule has 3 rings (SSSR count). The summed E-state index contributed by atoms with van der Waals surface area (Å²) in [4.78, 5) is 74.7. The molecule has 0 aromatic carbocycles. The average Bonchev–Trinajstić information content (AvgIpc) is 3.09. The van der Waals surface area contributed by atoms with Gasteiger partial charge in [-0.1, -0.05) is 19.1 Å². The molecule has 9 atom stereocenters. The number of esters is 6. The molecule has 0 radical (unpaired) electrons. The normalized spacial score (nSPS) is 35.6. The number of hydrogen-bond donors (Lipinski definition) is 1. The van der Waals surface area contributed by atoms with Gasteiger partial charge < -0.3 is 33.5 Å². The van der Waals surface area contributed by atoms with E-state index in [9.17, 15) is 33.9 Å². The van der Waals surface area contributed by atoms with Crippen LogP contribution < -0.4 is 0 Å². The molecule has 0 amide bonds. The second kappa shape index (κ2) is 12.9. The van der Waals surface area contributed by atoms with Crippen molar-refractivity contribution < 1.29 is 62.3 Å². The molecule has 13 nitrogen and oxygen atoms in total. The van der Waals surface area contributed by atoms with Gasteiger partial charge in [-0.3, -0.25) is 28.8 Å². The van der Waals surface area contributed by atoms with Crippen molar-refractivity contribution in [3.63, 3.8) is 0 Å².